The molecule has 5 nitrogen and oxygen atoms in total. The van der Waals surface area contributed by atoms with Gasteiger partial charge in [0.15, 0.2) is 0 Å². The lowest BCUT2D eigenvalue weighted by molar-refractivity contribution is 0.622. The van der Waals surface area contributed by atoms with Gasteiger partial charge in [-0.25, -0.2) is 10.4 Å². The van der Waals surface area contributed by atoms with E-state index in [2.05, 4.69) is 15.5 Å². The van der Waals surface area contributed by atoms with Crippen LogP contribution in [0.25, 0.3) is 0 Å². The molecule has 0 aromatic carbocycles. The average Bonchev–Trinajstić information content (AvgIpc) is 2.78. The van der Waals surface area contributed by atoms with Gasteiger partial charge in [0.1, 0.15) is 0 Å². The number of hydrazine groups is 1. The monoisotopic (exact) mass is 223 g/mol. The molecule has 0 fully saturated rings. The highest BCUT2D eigenvalue weighted by Gasteiger charge is 2.16. The van der Waals surface area contributed by atoms with Crippen molar-refractivity contribution in [1.29, 1.82) is 0 Å². The molecule has 2 heterocycles. The Balaban J connectivity index is 2.32. The second kappa shape index (κ2) is 4.09. The third-order valence-corrected chi connectivity index (χ3v) is 2.95. The molecule has 1 unspecified atom stereocenters. The number of rotatable bonds is 3. The summed E-state index contributed by atoms with van der Waals surface area (Å²) >= 11 is 1.62. The Morgan fingerprint density at radius 3 is 2.87 bits per heavy atom. The van der Waals surface area contributed by atoms with Crippen molar-refractivity contribution in [2.75, 3.05) is 0 Å². The predicted octanol–water partition coefficient (Wildman–Crippen LogP) is 0.738. The maximum Gasteiger partial charge on any atom is 0.0920 e. The molecule has 0 saturated heterocycles. The summed E-state index contributed by atoms with van der Waals surface area (Å²) in [5.41, 5.74) is 4.71. The lowest BCUT2D eigenvalue weighted by atomic mass is 10.1. The predicted molar refractivity (Wildman–Crippen MR) is 59.2 cm³/mol. The van der Waals surface area contributed by atoms with Gasteiger partial charge in [0, 0.05) is 24.2 Å². The summed E-state index contributed by atoms with van der Waals surface area (Å²) in [5.74, 6) is 5.53. The van der Waals surface area contributed by atoms with Crippen LogP contribution in [0.3, 0.4) is 0 Å². The summed E-state index contributed by atoms with van der Waals surface area (Å²) in [6.07, 6.45) is 3.72. The summed E-state index contributed by atoms with van der Waals surface area (Å²) in [6, 6.07) is -0.0800. The minimum Gasteiger partial charge on any atom is -0.275 e. The Morgan fingerprint density at radius 2 is 2.40 bits per heavy atom. The minimum atomic E-state index is -0.0800. The highest BCUT2D eigenvalue weighted by molar-refractivity contribution is 7.09. The van der Waals surface area contributed by atoms with Crippen molar-refractivity contribution >= 4 is 11.3 Å². The molecule has 15 heavy (non-hydrogen) atoms. The van der Waals surface area contributed by atoms with Gasteiger partial charge in [-0.3, -0.25) is 10.5 Å². The molecule has 0 amide bonds. The van der Waals surface area contributed by atoms with Crippen molar-refractivity contribution in [2.24, 2.45) is 12.9 Å². The molecule has 0 aliphatic carbocycles. The van der Waals surface area contributed by atoms with Crippen LogP contribution in [0.15, 0.2) is 17.8 Å². The first-order valence-corrected chi connectivity index (χ1v) is 5.45. The molecule has 2 aromatic rings. The molecular formula is C9H13N5S. The van der Waals surface area contributed by atoms with E-state index in [1.54, 1.807) is 22.2 Å². The summed E-state index contributed by atoms with van der Waals surface area (Å²) in [7, 11) is 1.88. The number of thiazole rings is 1. The van der Waals surface area contributed by atoms with Gasteiger partial charge in [0.25, 0.3) is 0 Å². The van der Waals surface area contributed by atoms with Crippen molar-refractivity contribution in [3.05, 3.63) is 34.0 Å². The maximum absolute atomic E-state index is 5.53. The summed E-state index contributed by atoms with van der Waals surface area (Å²) in [4.78, 5) is 4.41. The third kappa shape index (κ3) is 2.06. The molecule has 80 valence electrons. The molecule has 0 bridgehead atoms. The van der Waals surface area contributed by atoms with Gasteiger partial charge in [-0.2, -0.15) is 5.10 Å². The standard InChI is InChI=1S/C9H13N5S/c1-6-12-8(5-15-6)9(13-10)7-3-11-14(2)4-7/h3-5,9,13H,10H2,1-2H3. The first-order valence-electron chi connectivity index (χ1n) is 4.57. The van der Waals surface area contributed by atoms with Crippen LogP contribution in [0, 0.1) is 6.92 Å². The van der Waals surface area contributed by atoms with Crippen molar-refractivity contribution in [3.63, 3.8) is 0 Å². The molecule has 0 aliphatic rings. The highest BCUT2D eigenvalue weighted by atomic mass is 32.1. The fraction of sp³-hybridized carbons (Fsp3) is 0.333. The fourth-order valence-corrected chi connectivity index (χ4v) is 2.09. The van der Waals surface area contributed by atoms with Crippen LogP contribution in [-0.2, 0) is 7.05 Å². The van der Waals surface area contributed by atoms with Crippen molar-refractivity contribution in [2.45, 2.75) is 13.0 Å². The molecule has 0 aliphatic heterocycles. The maximum atomic E-state index is 5.53. The number of aryl methyl sites for hydroxylation is 2. The van der Waals surface area contributed by atoms with E-state index >= 15 is 0 Å². The molecule has 2 rings (SSSR count). The summed E-state index contributed by atoms with van der Waals surface area (Å²) in [5, 5.41) is 7.16. The van der Waals surface area contributed by atoms with Gasteiger partial charge in [-0.05, 0) is 6.92 Å². The first-order chi connectivity index (χ1) is 7.20. The minimum absolute atomic E-state index is 0.0800. The van der Waals surface area contributed by atoms with Crippen LogP contribution in [0.4, 0.5) is 0 Å². The summed E-state index contributed by atoms with van der Waals surface area (Å²) < 4.78 is 1.75. The Labute approximate surface area is 91.9 Å². The normalized spacial score (nSPS) is 13.0. The van der Waals surface area contributed by atoms with Crippen molar-refractivity contribution in [1.82, 2.24) is 20.2 Å². The largest absolute Gasteiger partial charge is 0.275 e. The molecule has 0 spiro atoms. The van der Waals surface area contributed by atoms with Gasteiger partial charge < -0.3 is 0 Å². The zero-order valence-electron chi connectivity index (χ0n) is 8.64. The van der Waals surface area contributed by atoms with Crippen LogP contribution in [0.5, 0.6) is 0 Å². The zero-order chi connectivity index (χ0) is 10.8. The number of hydrogen-bond acceptors (Lipinski definition) is 5. The topological polar surface area (TPSA) is 68.8 Å². The van der Waals surface area contributed by atoms with E-state index in [0.717, 1.165) is 16.3 Å². The smallest absolute Gasteiger partial charge is 0.0920 e. The van der Waals surface area contributed by atoms with E-state index in [0.29, 0.717) is 0 Å². The SMILES string of the molecule is Cc1nc(C(NN)c2cnn(C)c2)cs1. The van der Waals surface area contributed by atoms with E-state index in [1.807, 2.05) is 25.5 Å². The van der Waals surface area contributed by atoms with Crippen LogP contribution < -0.4 is 11.3 Å². The van der Waals surface area contributed by atoms with Gasteiger partial charge in [-0.15, -0.1) is 11.3 Å². The molecule has 2 aromatic heterocycles. The number of aromatic nitrogens is 3. The summed E-state index contributed by atoms with van der Waals surface area (Å²) in [6.45, 7) is 1.98. The molecule has 0 saturated carbocycles. The molecular weight excluding hydrogens is 210 g/mol. The Hall–Kier alpha value is -1.24. The van der Waals surface area contributed by atoms with Crippen LogP contribution in [0.2, 0.25) is 0 Å². The number of hydrogen-bond donors (Lipinski definition) is 2. The van der Waals surface area contributed by atoms with E-state index in [-0.39, 0.29) is 6.04 Å². The van der Waals surface area contributed by atoms with Crippen molar-refractivity contribution in [3.8, 4) is 0 Å². The molecule has 3 N–H and O–H groups in total. The third-order valence-electron chi connectivity index (χ3n) is 2.16. The van der Waals surface area contributed by atoms with Gasteiger partial charge in [0.05, 0.1) is 22.9 Å². The average molecular weight is 223 g/mol. The van der Waals surface area contributed by atoms with Crippen molar-refractivity contribution < 1.29 is 0 Å². The zero-order valence-corrected chi connectivity index (χ0v) is 9.45. The second-order valence-corrected chi connectivity index (χ2v) is 4.40. The van der Waals surface area contributed by atoms with Crippen LogP contribution in [-0.4, -0.2) is 14.8 Å². The van der Waals surface area contributed by atoms with Gasteiger partial charge >= 0.3 is 0 Å². The number of nitrogens with one attached hydrogen (secondary N) is 1. The quantitative estimate of drug-likeness (QED) is 0.595. The van der Waals surface area contributed by atoms with E-state index in [9.17, 15) is 0 Å². The number of nitrogens with zero attached hydrogens (tertiary/aromatic N) is 3. The Morgan fingerprint density at radius 1 is 1.60 bits per heavy atom. The Kier molecular flexibility index (Phi) is 2.81. The molecule has 0 radical (unpaired) electrons. The first kappa shape index (κ1) is 10.3. The number of nitrogens with two attached hydrogens (primary N) is 1. The van der Waals surface area contributed by atoms with Gasteiger partial charge in [0.2, 0.25) is 0 Å². The molecule has 1 atom stereocenters. The Bertz CT molecular complexity index is 407. The van der Waals surface area contributed by atoms with Gasteiger partial charge in [-0.1, -0.05) is 0 Å². The fourth-order valence-electron chi connectivity index (χ4n) is 1.45. The molecule has 6 heteroatoms. The van der Waals surface area contributed by atoms with E-state index < -0.39 is 0 Å². The lowest BCUT2D eigenvalue weighted by Gasteiger charge is -2.10. The lowest BCUT2D eigenvalue weighted by Crippen LogP contribution is -2.28. The van der Waals surface area contributed by atoms with E-state index in [1.165, 1.54) is 0 Å². The second-order valence-electron chi connectivity index (χ2n) is 3.34. The van der Waals surface area contributed by atoms with Crippen LogP contribution in [0.1, 0.15) is 22.3 Å². The van der Waals surface area contributed by atoms with Crippen LogP contribution >= 0.6 is 11.3 Å². The highest BCUT2D eigenvalue weighted by Crippen LogP contribution is 2.21. The van der Waals surface area contributed by atoms with E-state index in [4.69, 9.17) is 5.84 Å².